The van der Waals surface area contributed by atoms with Crippen LogP contribution in [0.4, 0.5) is 0 Å². The number of nitrogens with one attached hydrogen (secondary N) is 2. The lowest BCUT2D eigenvalue weighted by atomic mass is 9.85. The highest BCUT2D eigenvalue weighted by molar-refractivity contribution is 5.79. The van der Waals surface area contributed by atoms with Gasteiger partial charge >= 0.3 is 0 Å². The van der Waals surface area contributed by atoms with Gasteiger partial charge in [0.05, 0.1) is 0 Å². The molecule has 2 amide bonds. The number of hydrogen-bond donors (Lipinski definition) is 3. The molecule has 19 heavy (non-hydrogen) atoms. The van der Waals surface area contributed by atoms with Crippen molar-refractivity contribution in [2.45, 2.75) is 71.0 Å². The summed E-state index contributed by atoms with van der Waals surface area (Å²) in [5.74, 6) is 0.128. The molecule has 0 radical (unpaired) electrons. The largest absolute Gasteiger partial charge is 0.354 e. The number of carbonyl (C=O) groups excluding carboxylic acids is 2. The topological polar surface area (TPSA) is 84.2 Å². The van der Waals surface area contributed by atoms with Gasteiger partial charge in [0.1, 0.15) is 0 Å². The number of rotatable bonds is 5. The van der Waals surface area contributed by atoms with E-state index >= 15 is 0 Å². The van der Waals surface area contributed by atoms with Crippen LogP contribution in [-0.2, 0) is 9.59 Å². The average molecular weight is 269 g/mol. The Balaban J connectivity index is 2.41. The predicted octanol–water partition coefficient (Wildman–Crippen LogP) is 0.923. The Bertz CT molecular complexity index is 316. The molecule has 5 nitrogen and oxygen atoms in total. The van der Waals surface area contributed by atoms with E-state index in [-0.39, 0.29) is 35.9 Å². The molecule has 5 heteroatoms. The van der Waals surface area contributed by atoms with Gasteiger partial charge in [-0.05, 0) is 40.0 Å². The van der Waals surface area contributed by atoms with E-state index in [4.69, 9.17) is 5.73 Å². The van der Waals surface area contributed by atoms with E-state index < -0.39 is 0 Å². The Morgan fingerprint density at radius 1 is 1.26 bits per heavy atom. The molecule has 3 unspecified atom stereocenters. The minimum Gasteiger partial charge on any atom is -0.354 e. The normalized spacial score (nSPS) is 24.9. The summed E-state index contributed by atoms with van der Waals surface area (Å²) in [5.41, 5.74) is 5.60. The summed E-state index contributed by atoms with van der Waals surface area (Å²) in [4.78, 5) is 23.7. The lowest BCUT2D eigenvalue weighted by molar-refractivity contribution is -0.128. The summed E-state index contributed by atoms with van der Waals surface area (Å²) in [7, 11) is 0. The van der Waals surface area contributed by atoms with E-state index in [2.05, 4.69) is 10.6 Å². The maximum atomic E-state index is 12.0. The van der Waals surface area contributed by atoms with Crippen molar-refractivity contribution in [2.24, 2.45) is 11.7 Å². The molecular formula is C14H27N3O2. The Hall–Kier alpha value is -1.10. The first-order valence-corrected chi connectivity index (χ1v) is 7.23. The van der Waals surface area contributed by atoms with Crippen LogP contribution >= 0.6 is 0 Å². The van der Waals surface area contributed by atoms with Crippen LogP contribution in [0.3, 0.4) is 0 Å². The smallest absolute Gasteiger partial charge is 0.223 e. The number of amides is 2. The minimum absolute atomic E-state index is 0.00934. The fourth-order valence-corrected chi connectivity index (χ4v) is 2.54. The highest BCUT2D eigenvalue weighted by Gasteiger charge is 2.28. The SMILES string of the molecule is CC(N)CC(=O)NC1CCCC(C(=O)NC(C)C)C1. The van der Waals surface area contributed by atoms with Gasteiger partial charge in [0, 0.05) is 30.5 Å². The zero-order valence-electron chi connectivity index (χ0n) is 12.2. The third kappa shape index (κ3) is 6.05. The standard InChI is InChI=1S/C14H27N3O2/c1-9(2)16-14(19)11-5-4-6-12(8-11)17-13(18)7-10(3)15/h9-12H,4-8,15H2,1-3H3,(H,16,19)(H,17,18). The molecule has 1 rings (SSSR count). The van der Waals surface area contributed by atoms with Gasteiger partial charge in [-0.2, -0.15) is 0 Å². The quantitative estimate of drug-likeness (QED) is 0.694. The Kier molecular flexibility index (Phi) is 6.28. The van der Waals surface area contributed by atoms with Gasteiger partial charge in [0.15, 0.2) is 0 Å². The molecule has 110 valence electrons. The van der Waals surface area contributed by atoms with E-state index in [0.717, 1.165) is 25.7 Å². The maximum Gasteiger partial charge on any atom is 0.223 e. The van der Waals surface area contributed by atoms with E-state index in [1.54, 1.807) is 0 Å². The summed E-state index contributed by atoms with van der Waals surface area (Å²) >= 11 is 0. The zero-order valence-corrected chi connectivity index (χ0v) is 12.2. The molecule has 4 N–H and O–H groups in total. The van der Waals surface area contributed by atoms with Crippen molar-refractivity contribution >= 4 is 11.8 Å². The number of carbonyl (C=O) groups is 2. The van der Waals surface area contributed by atoms with Crippen LogP contribution in [0.5, 0.6) is 0 Å². The molecule has 0 spiro atoms. The van der Waals surface area contributed by atoms with Crippen molar-refractivity contribution in [3.05, 3.63) is 0 Å². The van der Waals surface area contributed by atoms with Crippen molar-refractivity contribution in [3.63, 3.8) is 0 Å². The van der Waals surface area contributed by atoms with Gasteiger partial charge in [0.2, 0.25) is 11.8 Å². The molecule has 0 aromatic rings. The van der Waals surface area contributed by atoms with E-state index in [1.807, 2.05) is 20.8 Å². The Labute approximate surface area is 115 Å². The van der Waals surface area contributed by atoms with E-state index in [0.29, 0.717) is 6.42 Å². The molecule has 0 aromatic heterocycles. The predicted molar refractivity (Wildman–Crippen MR) is 75.4 cm³/mol. The first kappa shape index (κ1) is 16.0. The van der Waals surface area contributed by atoms with Crippen molar-refractivity contribution in [2.75, 3.05) is 0 Å². The van der Waals surface area contributed by atoms with Crippen molar-refractivity contribution in [3.8, 4) is 0 Å². The van der Waals surface area contributed by atoms with Crippen LogP contribution in [0, 0.1) is 5.92 Å². The monoisotopic (exact) mass is 269 g/mol. The van der Waals surface area contributed by atoms with Crippen LogP contribution in [0.25, 0.3) is 0 Å². The highest BCUT2D eigenvalue weighted by atomic mass is 16.2. The molecule has 1 saturated carbocycles. The molecule has 0 saturated heterocycles. The van der Waals surface area contributed by atoms with Gasteiger partial charge in [0.25, 0.3) is 0 Å². The second kappa shape index (κ2) is 7.48. The van der Waals surface area contributed by atoms with Gasteiger partial charge < -0.3 is 16.4 Å². The van der Waals surface area contributed by atoms with Crippen molar-refractivity contribution in [1.29, 1.82) is 0 Å². The highest BCUT2D eigenvalue weighted by Crippen LogP contribution is 2.24. The fourth-order valence-electron chi connectivity index (χ4n) is 2.54. The number of nitrogens with two attached hydrogens (primary N) is 1. The first-order valence-electron chi connectivity index (χ1n) is 7.23. The minimum atomic E-state index is -0.122. The second-order valence-corrected chi connectivity index (χ2v) is 5.97. The van der Waals surface area contributed by atoms with Crippen molar-refractivity contribution in [1.82, 2.24) is 10.6 Å². The van der Waals surface area contributed by atoms with Crippen LogP contribution < -0.4 is 16.4 Å². The molecule has 0 heterocycles. The Morgan fingerprint density at radius 2 is 1.95 bits per heavy atom. The third-order valence-corrected chi connectivity index (χ3v) is 3.35. The van der Waals surface area contributed by atoms with Gasteiger partial charge in [-0.25, -0.2) is 0 Å². The molecular weight excluding hydrogens is 242 g/mol. The molecule has 1 fully saturated rings. The third-order valence-electron chi connectivity index (χ3n) is 3.35. The summed E-state index contributed by atoms with van der Waals surface area (Å²) < 4.78 is 0. The molecule has 1 aliphatic rings. The fraction of sp³-hybridized carbons (Fsp3) is 0.857. The molecule has 0 aliphatic heterocycles. The lowest BCUT2D eigenvalue weighted by Gasteiger charge is -2.29. The van der Waals surface area contributed by atoms with Gasteiger partial charge in [-0.1, -0.05) is 6.42 Å². The molecule has 3 atom stereocenters. The van der Waals surface area contributed by atoms with Gasteiger partial charge in [-0.15, -0.1) is 0 Å². The van der Waals surface area contributed by atoms with Crippen molar-refractivity contribution < 1.29 is 9.59 Å². The van der Waals surface area contributed by atoms with Crippen LogP contribution in [0.15, 0.2) is 0 Å². The summed E-state index contributed by atoms with van der Waals surface area (Å²) in [6.45, 7) is 5.74. The van der Waals surface area contributed by atoms with Gasteiger partial charge in [-0.3, -0.25) is 9.59 Å². The lowest BCUT2D eigenvalue weighted by Crippen LogP contribution is -2.44. The van der Waals surface area contributed by atoms with E-state index in [1.165, 1.54) is 0 Å². The Morgan fingerprint density at radius 3 is 2.53 bits per heavy atom. The molecule has 0 bridgehead atoms. The van der Waals surface area contributed by atoms with Crippen LogP contribution in [0.1, 0.15) is 52.9 Å². The summed E-state index contributed by atoms with van der Waals surface area (Å²) in [5, 5.41) is 5.94. The maximum absolute atomic E-state index is 12.0. The molecule has 0 aromatic carbocycles. The first-order chi connectivity index (χ1) is 8.88. The zero-order chi connectivity index (χ0) is 14.4. The summed E-state index contributed by atoms with van der Waals surface area (Å²) in [6, 6.07) is 0.159. The summed E-state index contributed by atoms with van der Waals surface area (Å²) in [6.07, 6.45) is 3.94. The number of hydrogen-bond acceptors (Lipinski definition) is 3. The van der Waals surface area contributed by atoms with Crippen LogP contribution in [0.2, 0.25) is 0 Å². The van der Waals surface area contributed by atoms with Crippen LogP contribution in [-0.4, -0.2) is 29.9 Å². The molecule has 1 aliphatic carbocycles. The van der Waals surface area contributed by atoms with E-state index in [9.17, 15) is 9.59 Å². The second-order valence-electron chi connectivity index (χ2n) is 5.97. The average Bonchev–Trinajstić information content (AvgIpc) is 2.27.